The van der Waals surface area contributed by atoms with E-state index in [9.17, 15) is 9.59 Å². The largest absolute Gasteiger partial charge is 0.295 e. The Hall–Kier alpha value is -1.21. The zero-order chi connectivity index (χ0) is 15.8. The van der Waals surface area contributed by atoms with E-state index in [1.165, 1.54) is 4.90 Å². The van der Waals surface area contributed by atoms with Crippen molar-refractivity contribution in [1.82, 2.24) is 20.0 Å². The van der Waals surface area contributed by atoms with E-state index in [1.807, 2.05) is 18.5 Å². The molecule has 0 saturated carbocycles. The van der Waals surface area contributed by atoms with E-state index in [0.29, 0.717) is 6.54 Å². The fourth-order valence-electron chi connectivity index (χ4n) is 2.40. The molecule has 0 unspecified atom stereocenters. The number of hydrogen-bond donors (Lipinski definition) is 1. The normalized spacial score (nSPS) is 18.4. The minimum absolute atomic E-state index is 0.178. The summed E-state index contributed by atoms with van der Waals surface area (Å²) < 4.78 is 2.74. The van der Waals surface area contributed by atoms with Gasteiger partial charge in [0.1, 0.15) is 0 Å². The fourth-order valence-corrected chi connectivity index (χ4v) is 3.09. The maximum absolute atomic E-state index is 12.4. The summed E-state index contributed by atoms with van der Waals surface area (Å²) in [5.41, 5.74) is 1.10. The molecule has 0 aliphatic carbocycles. The molecule has 0 radical (unpaired) electrons. The minimum Gasteiger partial charge on any atom is -0.295 e. The summed E-state index contributed by atoms with van der Waals surface area (Å²) in [6.45, 7) is 8.74. The van der Waals surface area contributed by atoms with Gasteiger partial charge in [-0.1, -0.05) is 6.92 Å². The molecule has 1 aromatic rings. The Labute approximate surface area is 133 Å². The average Bonchev–Trinajstić information content (AvgIpc) is 2.76. The van der Waals surface area contributed by atoms with Crippen LogP contribution in [0.3, 0.4) is 0 Å². The van der Waals surface area contributed by atoms with Crippen LogP contribution in [0.15, 0.2) is 4.47 Å². The lowest BCUT2D eigenvalue weighted by Crippen LogP contribution is -2.63. The maximum Gasteiger partial charge on any atom is 0.249 e. The highest BCUT2D eigenvalue weighted by molar-refractivity contribution is 9.10. The van der Waals surface area contributed by atoms with Crippen molar-refractivity contribution in [1.29, 1.82) is 0 Å². The number of aromatic nitrogens is 2. The van der Waals surface area contributed by atoms with Gasteiger partial charge >= 0.3 is 0 Å². The molecule has 21 heavy (non-hydrogen) atoms. The highest BCUT2D eigenvalue weighted by Crippen LogP contribution is 2.25. The molecule has 1 fully saturated rings. The summed E-state index contributed by atoms with van der Waals surface area (Å²) in [6, 6.07) is 0. The van der Waals surface area contributed by atoms with Crippen LogP contribution >= 0.6 is 15.9 Å². The molecule has 6 nitrogen and oxygen atoms in total. The fraction of sp³-hybridized carbons (Fsp3) is 0.643. The molecule has 2 heterocycles. The van der Waals surface area contributed by atoms with Gasteiger partial charge in [-0.3, -0.25) is 24.5 Å². The first kappa shape index (κ1) is 16.2. The third-order valence-electron chi connectivity index (χ3n) is 3.76. The molecular weight excluding hydrogens is 336 g/mol. The summed E-state index contributed by atoms with van der Waals surface area (Å²) in [5, 5.41) is 7.46. The van der Waals surface area contributed by atoms with Crippen molar-refractivity contribution in [3.63, 3.8) is 0 Å². The Balaban J connectivity index is 2.34. The predicted octanol–water partition coefficient (Wildman–Crippen LogP) is 1.46. The Kier molecular flexibility index (Phi) is 4.53. The summed E-state index contributed by atoms with van der Waals surface area (Å²) in [5.74, 6) is -0.402. The van der Waals surface area contributed by atoms with Crippen LogP contribution in [-0.2, 0) is 29.1 Å². The van der Waals surface area contributed by atoms with E-state index < -0.39 is 5.54 Å². The highest BCUT2D eigenvalue weighted by atomic mass is 79.9. The molecule has 1 aromatic heterocycles. The molecule has 116 valence electrons. The van der Waals surface area contributed by atoms with Crippen LogP contribution in [0.5, 0.6) is 0 Å². The Morgan fingerprint density at radius 1 is 1.33 bits per heavy atom. The summed E-state index contributed by atoms with van der Waals surface area (Å²) in [6.07, 6.45) is 0.801. The van der Waals surface area contributed by atoms with Crippen molar-refractivity contribution >= 4 is 27.7 Å². The lowest BCUT2D eigenvalue weighted by molar-refractivity contribution is -0.153. The maximum atomic E-state index is 12.4. The van der Waals surface area contributed by atoms with Crippen LogP contribution in [0, 0.1) is 0 Å². The first-order valence-corrected chi connectivity index (χ1v) is 7.95. The molecular formula is C14H21BrN4O2. The predicted molar refractivity (Wildman–Crippen MR) is 82.6 cm³/mol. The summed E-state index contributed by atoms with van der Waals surface area (Å²) in [4.78, 5) is 25.9. The van der Waals surface area contributed by atoms with Crippen molar-refractivity contribution in [3.8, 4) is 0 Å². The van der Waals surface area contributed by atoms with Crippen molar-refractivity contribution in [3.05, 3.63) is 15.9 Å². The van der Waals surface area contributed by atoms with Crippen LogP contribution in [0.1, 0.15) is 39.1 Å². The molecule has 7 heteroatoms. The standard InChI is InChI=1S/C14H21BrN4O2/c1-5-9-12(15)10(19(6-2)17-9)8-18-11(20)7-16-14(3,4)13(18)21/h16H,5-8H2,1-4H3. The van der Waals surface area contributed by atoms with E-state index >= 15 is 0 Å². The molecule has 2 rings (SSSR count). The summed E-state index contributed by atoms with van der Waals surface area (Å²) >= 11 is 3.55. The Bertz CT molecular complexity index is 580. The zero-order valence-corrected chi connectivity index (χ0v) is 14.5. The number of aryl methyl sites for hydroxylation is 2. The quantitative estimate of drug-likeness (QED) is 0.829. The van der Waals surface area contributed by atoms with Crippen LogP contribution < -0.4 is 5.32 Å². The van der Waals surface area contributed by atoms with Crippen molar-refractivity contribution < 1.29 is 9.59 Å². The van der Waals surface area contributed by atoms with Crippen molar-refractivity contribution in [2.45, 2.75) is 52.7 Å². The first-order valence-electron chi connectivity index (χ1n) is 7.15. The lowest BCUT2D eigenvalue weighted by Gasteiger charge is -2.36. The van der Waals surface area contributed by atoms with E-state index in [1.54, 1.807) is 13.8 Å². The van der Waals surface area contributed by atoms with Gasteiger partial charge in [0, 0.05) is 6.54 Å². The van der Waals surface area contributed by atoms with Gasteiger partial charge < -0.3 is 0 Å². The van der Waals surface area contributed by atoms with Crippen LogP contribution in [0.4, 0.5) is 0 Å². The van der Waals surface area contributed by atoms with Gasteiger partial charge in [0.2, 0.25) is 11.8 Å². The topological polar surface area (TPSA) is 67.2 Å². The number of rotatable bonds is 4. The van der Waals surface area contributed by atoms with Gasteiger partial charge in [-0.15, -0.1) is 0 Å². The second-order valence-electron chi connectivity index (χ2n) is 5.64. The van der Waals surface area contributed by atoms with Crippen LogP contribution in [-0.4, -0.2) is 38.6 Å². The van der Waals surface area contributed by atoms with Crippen molar-refractivity contribution in [2.75, 3.05) is 6.54 Å². The van der Waals surface area contributed by atoms with Gasteiger partial charge in [-0.05, 0) is 43.1 Å². The van der Waals surface area contributed by atoms with Gasteiger partial charge in [0.25, 0.3) is 0 Å². The van der Waals surface area contributed by atoms with E-state index in [4.69, 9.17) is 0 Å². The number of carbonyl (C=O) groups excluding carboxylic acids is 2. The monoisotopic (exact) mass is 356 g/mol. The second kappa shape index (κ2) is 5.88. The van der Waals surface area contributed by atoms with E-state index in [2.05, 4.69) is 26.3 Å². The van der Waals surface area contributed by atoms with Crippen molar-refractivity contribution in [2.24, 2.45) is 0 Å². The van der Waals surface area contributed by atoms with Gasteiger partial charge in [-0.25, -0.2) is 0 Å². The Morgan fingerprint density at radius 3 is 2.57 bits per heavy atom. The third-order valence-corrected chi connectivity index (χ3v) is 4.68. The number of hydrogen-bond acceptors (Lipinski definition) is 4. The number of carbonyl (C=O) groups is 2. The van der Waals surface area contributed by atoms with Crippen LogP contribution in [0.25, 0.3) is 0 Å². The highest BCUT2D eigenvalue weighted by Gasteiger charge is 2.40. The molecule has 1 aliphatic rings. The number of nitrogens with one attached hydrogen (secondary N) is 1. The molecule has 0 aromatic carbocycles. The summed E-state index contributed by atoms with van der Waals surface area (Å²) in [7, 11) is 0. The molecule has 1 saturated heterocycles. The molecule has 1 aliphatic heterocycles. The molecule has 0 bridgehead atoms. The number of piperazine rings is 1. The second-order valence-corrected chi connectivity index (χ2v) is 6.43. The van der Waals surface area contributed by atoms with E-state index in [-0.39, 0.29) is 24.9 Å². The minimum atomic E-state index is -0.717. The number of halogens is 1. The van der Waals surface area contributed by atoms with Gasteiger partial charge in [0.15, 0.2) is 0 Å². The SMILES string of the molecule is CCc1nn(CC)c(CN2C(=O)CNC(C)(C)C2=O)c1Br. The number of amides is 2. The lowest BCUT2D eigenvalue weighted by atomic mass is 10.0. The molecule has 2 amide bonds. The molecule has 0 atom stereocenters. The smallest absolute Gasteiger partial charge is 0.249 e. The molecule has 0 spiro atoms. The Morgan fingerprint density at radius 2 is 2.00 bits per heavy atom. The van der Waals surface area contributed by atoms with Gasteiger partial charge in [0.05, 0.1) is 34.5 Å². The first-order chi connectivity index (χ1) is 9.81. The molecule has 1 N–H and O–H groups in total. The van der Waals surface area contributed by atoms with E-state index in [0.717, 1.165) is 22.3 Å². The number of imide groups is 1. The zero-order valence-electron chi connectivity index (χ0n) is 12.9. The van der Waals surface area contributed by atoms with Crippen LogP contribution in [0.2, 0.25) is 0 Å². The third kappa shape index (κ3) is 2.89. The average molecular weight is 357 g/mol. The number of nitrogens with zero attached hydrogens (tertiary/aromatic N) is 3. The van der Waals surface area contributed by atoms with Gasteiger partial charge in [-0.2, -0.15) is 5.10 Å².